The molecule has 2 aromatic carbocycles. The lowest BCUT2D eigenvalue weighted by Crippen LogP contribution is -2.61. The van der Waals surface area contributed by atoms with Crippen molar-refractivity contribution in [3.63, 3.8) is 0 Å². The highest BCUT2D eigenvalue weighted by molar-refractivity contribution is 6.05. The Hall–Kier alpha value is -7.71. The summed E-state index contributed by atoms with van der Waals surface area (Å²) < 4.78 is 36.9. The number of amides is 10. The third-order valence-electron chi connectivity index (χ3n) is 18.1. The number of aliphatic hydroxyl groups excluding tert-OH is 4. The highest BCUT2D eigenvalue weighted by Gasteiger charge is 2.50. The number of nitrogens with one attached hydrogen (secondary N) is 5. The van der Waals surface area contributed by atoms with Crippen molar-refractivity contribution >= 4 is 70.9 Å². The fourth-order valence-electron chi connectivity index (χ4n) is 12.4. The molecule has 30 heteroatoms. The number of hydrogen-bond acceptors (Lipinski definition) is 20. The number of anilines is 1. The summed E-state index contributed by atoms with van der Waals surface area (Å²) in [6.07, 6.45) is -13.3. The van der Waals surface area contributed by atoms with Crippen molar-refractivity contribution in [2.45, 2.75) is 206 Å². The highest BCUT2D eigenvalue weighted by atomic mass is 16.7. The minimum absolute atomic E-state index is 0.181. The third kappa shape index (κ3) is 20.7. The van der Waals surface area contributed by atoms with Gasteiger partial charge in [-0.05, 0) is 66.7 Å². The Labute approximate surface area is 567 Å². The number of likely N-dealkylation sites (tertiary alicyclic amines) is 2. The van der Waals surface area contributed by atoms with E-state index < -0.39 is 194 Å². The molecule has 30 nitrogen and oxygen atoms in total. The van der Waals surface area contributed by atoms with Crippen molar-refractivity contribution in [1.29, 1.82) is 0 Å². The van der Waals surface area contributed by atoms with E-state index in [1.165, 1.54) is 38.3 Å². The minimum Gasteiger partial charge on any atom is -0.479 e. The number of aliphatic carboxylic acids is 1. The SMILES string of the molecule is [3H]C1CC(=O)N(CC(=O)N[C@H](C(=O)NC(CO)C(=O)Nc2ccc(COC(=O)N(C)[C@H](C(=O)NC(C(=O)N(C)[C@@H]([C@@H](C)CC)[C@@H](CC(=O)N3CCC[C@H]3[C@H](OC)[C@@H](C)C(=O)N[C@H](C)[C@@H](O[C@@H]3O[C@H](C(=O)O)[C@@H](O)[C@H](O)[C@H]3O)c3ccccc3)OC)C(C)C)C(C)C)cc2)C(C)C)C1=O. The molecule has 3 heterocycles. The van der Waals surface area contributed by atoms with Crippen molar-refractivity contribution in [3.05, 3.63) is 65.7 Å². The minimum atomic E-state index is -1.95. The quantitative estimate of drug-likeness (QED) is 0.0440. The summed E-state index contributed by atoms with van der Waals surface area (Å²) in [5.41, 5.74) is 1.21. The van der Waals surface area contributed by atoms with Crippen LogP contribution >= 0.6 is 0 Å². The maximum absolute atomic E-state index is 14.9. The first-order valence-electron chi connectivity index (χ1n) is 33.3. The van der Waals surface area contributed by atoms with Crippen molar-refractivity contribution in [2.24, 2.45) is 29.6 Å². The summed E-state index contributed by atoms with van der Waals surface area (Å²) >= 11 is 0. The maximum atomic E-state index is 14.9. The van der Waals surface area contributed by atoms with E-state index in [1.807, 2.05) is 13.8 Å². The van der Waals surface area contributed by atoms with Gasteiger partial charge in [-0.2, -0.15) is 0 Å². The van der Waals surface area contributed by atoms with Crippen LogP contribution in [0.3, 0.4) is 0 Å². The van der Waals surface area contributed by atoms with E-state index in [4.69, 9.17) is 25.1 Å². The van der Waals surface area contributed by atoms with E-state index in [0.717, 1.165) is 4.90 Å². The number of carboxylic acids is 1. The van der Waals surface area contributed by atoms with Crippen molar-refractivity contribution < 1.29 is 103 Å². The van der Waals surface area contributed by atoms with Crippen molar-refractivity contribution in [3.8, 4) is 0 Å². The number of carboxylic acid groups (broad SMARTS) is 1. The van der Waals surface area contributed by atoms with E-state index >= 15 is 0 Å². The topological polar surface area (TPSA) is 408 Å². The molecule has 0 aliphatic carbocycles. The molecular formula is C67H101N9O21. The molecule has 0 aromatic heterocycles. The zero-order chi connectivity index (χ0) is 73.3. The van der Waals surface area contributed by atoms with Gasteiger partial charge in [0.2, 0.25) is 53.2 Å². The molecule has 10 N–H and O–H groups in total. The molecule has 0 radical (unpaired) electrons. The average Bonchev–Trinajstić information content (AvgIpc) is 1.06. The molecule has 2 aromatic rings. The predicted molar refractivity (Wildman–Crippen MR) is 348 cm³/mol. The fourth-order valence-corrected chi connectivity index (χ4v) is 12.4. The molecule has 3 fully saturated rings. The zero-order valence-electron chi connectivity index (χ0n) is 58.7. The Morgan fingerprint density at radius 2 is 1.38 bits per heavy atom. The number of methoxy groups -OCH3 is 2. The van der Waals surface area contributed by atoms with E-state index in [2.05, 4.69) is 26.6 Å². The summed E-state index contributed by atoms with van der Waals surface area (Å²) in [6, 6.07) is 7.43. The summed E-state index contributed by atoms with van der Waals surface area (Å²) in [5, 5.41) is 64.7. The van der Waals surface area contributed by atoms with E-state index in [1.54, 1.807) is 110 Å². The Morgan fingerprint density at radius 1 is 0.742 bits per heavy atom. The van der Waals surface area contributed by atoms with Crippen LogP contribution in [0, 0.1) is 29.6 Å². The fraction of sp³-hybridized carbons (Fsp3) is 0.657. The average molecular weight is 1370 g/mol. The number of nitrogens with zero attached hydrogens (tertiary/aromatic N) is 4. The van der Waals surface area contributed by atoms with Gasteiger partial charge in [-0.1, -0.05) is 111 Å². The number of carbonyl (C=O) groups is 11. The van der Waals surface area contributed by atoms with Gasteiger partial charge >= 0.3 is 12.1 Å². The molecule has 3 saturated heterocycles. The zero-order valence-corrected chi connectivity index (χ0v) is 57.7. The van der Waals surface area contributed by atoms with Crippen LogP contribution in [0.25, 0.3) is 0 Å². The van der Waals surface area contributed by atoms with Crippen LogP contribution in [0.4, 0.5) is 10.5 Å². The molecular weight excluding hydrogens is 1270 g/mol. The third-order valence-corrected chi connectivity index (χ3v) is 18.1. The smallest absolute Gasteiger partial charge is 0.410 e. The number of likely N-dealkylation sites (N-methyl/N-ethyl adjacent to an activating group) is 2. The molecule has 0 bridgehead atoms. The normalized spacial score (nSPS) is 23.1. The number of rotatable bonds is 34. The maximum Gasteiger partial charge on any atom is 0.410 e. The Kier molecular flexibility index (Phi) is 29.7. The summed E-state index contributed by atoms with van der Waals surface area (Å²) in [4.78, 5) is 152. The van der Waals surface area contributed by atoms with Crippen LogP contribution in [0.15, 0.2) is 54.6 Å². The second-order valence-electron chi connectivity index (χ2n) is 26.1. The number of carbonyl (C=O) groups excluding carboxylic acids is 10. The van der Waals surface area contributed by atoms with Gasteiger partial charge < -0.3 is 85.6 Å². The van der Waals surface area contributed by atoms with Crippen LogP contribution in [0.2, 0.25) is 0 Å². The van der Waals surface area contributed by atoms with Crippen LogP contribution in [-0.4, -0.2) is 244 Å². The second kappa shape index (κ2) is 36.8. The molecule has 10 amide bonds. The van der Waals surface area contributed by atoms with Gasteiger partial charge in [0, 0.05) is 54.7 Å². The van der Waals surface area contributed by atoms with Gasteiger partial charge in [0.1, 0.15) is 61.7 Å². The molecule has 540 valence electrons. The molecule has 0 spiro atoms. The number of imide groups is 1. The first-order valence-corrected chi connectivity index (χ1v) is 32.8. The number of hydrogen-bond donors (Lipinski definition) is 10. The lowest BCUT2D eigenvalue weighted by molar-refractivity contribution is -0.307. The Morgan fingerprint density at radius 3 is 1.93 bits per heavy atom. The summed E-state index contributed by atoms with van der Waals surface area (Å²) in [7, 11) is 5.87. The molecule has 3 aliphatic rings. The van der Waals surface area contributed by atoms with Crippen molar-refractivity contribution in [2.75, 3.05) is 53.3 Å². The Bertz CT molecular complexity index is 3080. The molecule has 18 atom stereocenters. The molecule has 3 aliphatic heterocycles. The number of benzene rings is 2. The van der Waals surface area contributed by atoms with E-state index in [-0.39, 0.29) is 37.0 Å². The molecule has 3 unspecified atom stereocenters. The molecule has 5 rings (SSSR count). The lowest BCUT2D eigenvalue weighted by atomic mass is 9.89. The van der Waals surface area contributed by atoms with Gasteiger partial charge in [-0.25, -0.2) is 9.59 Å². The van der Waals surface area contributed by atoms with Gasteiger partial charge in [-0.15, -0.1) is 0 Å². The molecule has 0 saturated carbocycles. The Balaban J connectivity index is 1.19. The van der Waals surface area contributed by atoms with E-state index in [9.17, 15) is 78.3 Å². The van der Waals surface area contributed by atoms with Gasteiger partial charge in [0.15, 0.2) is 12.4 Å². The number of ether oxygens (including phenoxy) is 5. The van der Waals surface area contributed by atoms with Crippen LogP contribution < -0.4 is 26.6 Å². The number of aliphatic hydroxyl groups is 4. The highest BCUT2D eigenvalue weighted by Crippen LogP contribution is 2.33. The van der Waals surface area contributed by atoms with Crippen LogP contribution in [-0.2, 0) is 78.2 Å². The summed E-state index contributed by atoms with van der Waals surface area (Å²) in [5.74, 6) is -10.2. The van der Waals surface area contributed by atoms with Gasteiger partial charge in [-0.3, -0.25) is 53.0 Å². The van der Waals surface area contributed by atoms with Gasteiger partial charge in [0.25, 0.3) is 0 Å². The van der Waals surface area contributed by atoms with Crippen molar-refractivity contribution in [1.82, 2.24) is 40.9 Å². The van der Waals surface area contributed by atoms with Crippen LogP contribution in [0.1, 0.15) is 126 Å². The largest absolute Gasteiger partial charge is 0.479 e. The van der Waals surface area contributed by atoms with E-state index in [0.29, 0.717) is 41.8 Å². The summed E-state index contributed by atoms with van der Waals surface area (Å²) in [6.45, 7) is 15.8. The first kappa shape index (κ1) is 78.3. The van der Waals surface area contributed by atoms with Gasteiger partial charge in [0.05, 0.1) is 49.3 Å². The first-order chi connectivity index (χ1) is 46.1. The molecule has 97 heavy (non-hydrogen) atoms. The second-order valence-corrected chi connectivity index (χ2v) is 26.1. The predicted octanol–water partition coefficient (Wildman–Crippen LogP) is 1.20. The standard InChI is InChI=1S/C67H101N9O21/c1-15-37(8)53(45(93-13)30-49(81)75-29-19-22-44(75)57(94-14)38(9)60(85)68-39(10)58(41-20-17-16-18-21-41)96-66-56(84)54(82)55(83)59(97-66)65(90)91)73(11)64(89)51(35(4)5)72-63(88)52(36(6)7)74(12)67(92)95-33-40-23-25-42(26-24-40)69-61(86)43(32-77)70-62(87)50(34(2)3)71-46(78)31-76-47(79)27-28-48(76)80/h16-18,20-21,23-26,34-39,43-45,50-59,66,77,82-84H,15,19,22,27-33H2,1-14H3,(H,68,85)(H,69,86)(H,70,87)(H,71,78)(H,72,88)(H,90,91)/t37-,38+,39+,43?,44-,45+,50-,51?,52-,53-,54-,55-,56+,57+,58+,59-,66+/m0/s1/i27T/t27?,37-,38+,39+,43?,44-,45+,50-,51?,52-,53-,54-,55-,56+,57+,58+,59-,66+. The monoisotopic (exact) mass is 1370 g/mol. The van der Waals surface area contributed by atoms with Crippen LogP contribution in [0.5, 0.6) is 0 Å². The lowest BCUT2D eigenvalue weighted by Gasteiger charge is -2.41.